The normalized spacial score (nSPS) is 11.4. The van der Waals surface area contributed by atoms with Gasteiger partial charge in [0, 0.05) is 6.61 Å². The molecule has 0 spiro atoms. The van der Waals surface area contributed by atoms with Crippen molar-refractivity contribution in [1.82, 2.24) is 0 Å². The summed E-state index contributed by atoms with van der Waals surface area (Å²) in [6.45, 7) is 3.93. The molecule has 74 valence electrons. The van der Waals surface area contributed by atoms with Gasteiger partial charge in [0.15, 0.2) is 0 Å². The minimum atomic E-state index is 0.202. The summed E-state index contributed by atoms with van der Waals surface area (Å²) in [7, 11) is 0. The van der Waals surface area contributed by atoms with Gasteiger partial charge in [0.1, 0.15) is 0 Å². The van der Waals surface area contributed by atoms with Crippen LogP contribution in [0, 0.1) is 0 Å². The molecule has 0 amide bonds. The van der Waals surface area contributed by atoms with Crippen LogP contribution in [-0.4, -0.2) is 11.7 Å². The van der Waals surface area contributed by atoms with E-state index in [9.17, 15) is 0 Å². The van der Waals surface area contributed by atoms with E-state index in [1.54, 1.807) is 0 Å². The molecule has 0 unspecified atom stereocenters. The summed E-state index contributed by atoms with van der Waals surface area (Å²) in [5.74, 6) is 0. The molecule has 1 aromatic carbocycles. The van der Waals surface area contributed by atoms with Crippen LogP contribution in [0.1, 0.15) is 18.4 Å². The van der Waals surface area contributed by atoms with Gasteiger partial charge in [0.25, 0.3) is 0 Å². The number of benzene rings is 1. The summed E-state index contributed by atoms with van der Waals surface area (Å²) in [6, 6.07) is 10.2. The minimum Gasteiger partial charge on any atom is -0.396 e. The Bertz CT molecular complexity index is 298. The lowest BCUT2D eigenvalue weighted by Gasteiger charge is -2.04. The zero-order valence-electron chi connectivity index (χ0n) is 8.32. The molecule has 14 heavy (non-hydrogen) atoms. The third kappa shape index (κ3) is 3.19. The molecule has 1 rings (SSSR count). The molecule has 0 saturated carbocycles. The van der Waals surface area contributed by atoms with Crippen molar-refractivity contribution in [3.63, 3.8) is 0 Å². The highest BCUT2D eigenvalue weighted by Crippen LogP contribution is 2.18. The van der Waals surface area contributed by atoms with E-state index in [0.29, 0.717) is 6.42 Å². The standard InChI is InChI=1S/C13H16O/c1-2-7-12(10-6-11-14)13-8-4-3-5-9-13/h2-5,8-10,14H,1,6-7,11H2/b12-10-. The molecule has 1 N–H and O–H groups in total. The van der Waals surface area contributed by atoms with Crippen molar-refractivity contribution in [3.05, 3.63) is 54.6 Å². The van der Waals surface area contributed by atoms with Crippen LogP contribution in [0.3, 0.4) is 0 Å². The van der Waals surface area contributed by atoms with Crippen LogP contribution in [0.5, 0.6) is 0 Å². The lowest BCUT2D eigenvalue weighted by molar-refractivity contribution is 0.302. The van der Waals surface area contributed by atoms with Crippen molar-refractivity contribution in [2.45, 2.75) is 12.8 Å². The maximum atomic E-state index is 8.76. The molecule has 0 radical (unpaired) electrons. The highest BCUT2D eigenvalue weighted by atomic mass is 16.2. The number of aliphatic hydroxyl groups excluding tert-OH is 1. The molecular formula is C13H16O. The number of rotatable bonds is 5. The first-order valence-corrected chi connectivity index (χ1v) is 4.84. The van der Waals surface area contributed by atoms with Gasteiger partial charge in [-0.15, -0.1) is 6.58 Å². The van der Waals surface area contributed by atoms with Crippen LogP contribution in [0.25, 0.3) is 5.57 Å². The van der Waals surface area contributed by atoms with Crippen LogP contribution < -0.4 is 0 Å². The van der Waals surface area contributed by atoms with Gasteiger partial charge in [0.05, 0.1) is 0 Å². The van der Waals surface area contributed by atoms with Gasteiger partial charge >= 0.3 is 0 Å². The predicted molar refractivity (Wildman–Crippen MR) is 60.9 cm³/mol. The quantitative estimate of drug-likeness (QED) is 0.704. The molecule has 0 aliphatic heterocycles. The average molecular weight is 188 g/mol. The molecule has 0 heterocycles. The number of hydrogen-bond acceptors (Lipinski definition) is 1. The Morgan fingerprint density at radius 2 is 2.00 bits per heavy atom. The Hall–Kier alpha value is -1.34. The first-order chi connectivity index (χ1) is 6.88. The van der Waals surface area contributed by atoms with Crippen molar-refractivity contribution in [3.8, 4) is 0 Å². The van der Waals surface area contributed by atoms with Crippen molar-refractivity contribution >= 4 is 5.57 Å². The van der Waals surface area contributed by atoms with Gasteiger partial charge in [-0.1, -0.05) is 42.5 Å². The molecule has 0 aliphatic rings. The molecule has 0 atom stereocenters. The summed E-state index contributed by atoms with van der Waals surface area (Å²) in [6.07, 6.45) is 5.51. The fourth-order valence-corrected chi connectivity index (χ4v) is 1.37. The minimum absolute atomic E-state index is 0.202. The zero-order chi connectivity index (χ0) is 10.2. The third-order valence-electron chi connectivity index (χ3n) is 2.03. The van der Waals surface area contributed by atoms with Crippen LogP contribution in [0.4, 0.5) is 0 Å². The van der Waals surface area contributed by atoms with Crippen LogP contribution in [0.2, 0.25) is 0 Å². The Morgan fingerprint density at radius 1 is 1.29 bits per heavy atom. The summed E-state index contributed by atoms with van der Waals surface area (Å²) in [5, 5.41) is 8.76. The Balaban J connectivity index is 2.82. The third-order valence-corrected chi connectivity index (χ3v) is 2.03. The second-order valence-electron chi connectivity index (χ2n) is 3.10. The van der Waals surface area contributed by atoms with E-state index < -0.39 is 0 Å². The van der Waals surface area contributed by atoms with Crippen LogP contribution >= 0.6 is 0 Å². The van der Waals surface area contributed by atoms with Crippen LogP contribution in [0.15, 0.2) is 49.1 Å². The van der Waals surface area contributed by atoms with Gasteiger partial charge in [0.2, 0.25) is 0 Å². The van der Waals surface area contributed by atoms with E-state index in [4.69, 9.17) is 5.11 Å². The molecule has 1 aromatic rings. The number of hydrogen-bond donors (Lipinski definition) is 1. The van der Waals surface area contributed by atoms with E-state index >= 15 is 0 Å². The molecule has 1 heteroatoms. The highest BCUT2D eigenvalue weighted by Gasteiger charge is 1.97. The molecule has 1 nitrogen and oxygen atoms in total. The molecule has 0 fully saturated rings. The first-order valence-electron chi connectivity index (χ1n) is 4.84. The lowest BCUT2D eigenvalue weighted by Crippen LogP contribution is -1.85. The summed E-state index contributed by atoms with van der Waals surface area (Å²) >= 11 is 0. The van der Waals surface area contributed by atoms with E-state index in [0.717, 1.165) is 6.42 Å². The monoisotopic (exact) mass is 188 g/mol. The number of allylic oxidation sites excluding steroid dienone is 2. The van der Waals surface area contributed by atoms with E-state index in [2.05, 4.69) is 24.8 Å². The maximum absolute atomic E-state index is 8.76. The second kappa shape index (κ2) is 6.17. The Kier molecular flexibility index (Phi) is 4.73. The fraction of sp³-hybridized carbons (Fsp3) is 0.231. The molecule has 0 saturated heterocycles. The maximum Gasteiger partial charge on any atom is 0.0465 e. The van der Waals surface area contributed by atoms with Gasteiger partial charge < -0.3 is 5.11 Å². The molecular weight excluding hydrogens is 172 g/mol. The molecule has 0 bridgehead atoms. The summed E-state index contributed by atoms with van der Waals surface area (Å²) in [5.41, 5.74) is 2.44. The summed E-state index contributed by atoms with van der Waals surface area (Å²) < 4.78 is 0. The van der Waals surface area contributed by atoms with E-state index in [1.807, 2.05) is 24.3 Å². The lowest BCUT2D eigenvalue weighted by atomic mass is 10.0. The molecule has 0 aliphatic carbocycles. The topological polar surface area (TPSA) is 20.2 Å². The highest BCUT2D eigenvalue weighted by molar-refractivity contribution is 5.66. The van der Waals surface area contributed by atoms with E-state index in [-0.39, 0.29) is 6.61 Å². The fourth-order valence-electron chi connectivity index (χ4n) is 1.37. The van der Waals surface area contributed by atoms with Crippen molar-refractivity contribution < 1.29 is 5.11 Å². The van der Waals surface area contributed by atoms with Crippen molar-refractivity contribution in [2.24, 2.45) is 0 Å². The Morgan fingerprint density at radius 3 is 2.57 bits per heavy atom. The second-order valence-corrected chi connectivity index (χ2v) is 3.10. The molecule has 0 aromatic heterocycles. The SMILES string of the molecule is C=CC/C(=C/CCO)c1ccccc1. The van der Waals surface area contributed by atoms with Crippen molar-refractivity contribution in [1.29, 1.82) is 0 Å². The average Bonchev–Trinajstić information content (AvgIpc) is 2.25. The van der Waals surface area contributed by atoms with Crippen molar-refractivity contribution in [2.75, 3.05) is 6.61 Å². The van der Waals surface area contributed by atoms with Gasteiger partial charge in [-0.25, -0.2) is 0 Å². The largest absolute Gasteiger partial charge is 0.396 e. The predicted octanol–water partition coefficient (Wildman–Crippen LogP) is 3.03. The van der Waals surface area contributed by atoms with Gasteiger partial charge in [-0.3, -0.25) is 0 Å². The number of aliphatic hydroxyl groups is 1. The summed E-state index contributed by atoms with van der Waals surface area (Å²) in [4.78, 5) is 0. The van der Waals surface area contributed by atoms with Crippen LogP contribution in [-0.2, 0) is 0 Å². The first kappa shape index (κ1) is 10.7. The van der Waals surface area contributed by atoms with Gasteiger partial charge in [-0.05, 0) is 24.0 Å². The van der Waals surface area contributed by atoms with Gasteiger partial charge in [-0.2, -0.15) is 0 Å². The smallest absolute Gasteiger partial charge is 0.0465 e. The Labute approximate surface area is 85.4 Å². The zero-order valence-corrected chi connectivity index (χ0v) is 8.32. The van der Waals surface area contributed by atoms with E-state index in [1.165, 1.54) is 11.1 Å².